The van der Waals surface area contributed by atoms with Gasteiger partial charge in [0, 0.05) is 10.2 Å². The van der Waals surface area contributed by atoms with Crippen molar-refractivity contribution >= 4 is 27.5 Å². The molecule has 0 aliphatic rings. The normalized spacial score (nSPS) is 9.76. The van der Waals surface area contributed by atoms with Gasteiger partial charge in [0.05, 0.1) is 5.56 Å². The van der Waals surface area contributed by atoms with Crippen molar-refractivity contribution in [3.8, 4) is 11.8 Å². The van der Waals surface area contributed by atoms with Crippen molar-refractivity contribution in [2.24, 2.45) is 0 Å². The number of hydrogen-bond acceptors (Lipinski definition) is 3. The smallest absolute Gasteiger partial charge is 0.262 e. The van der Waals surface area contributed by atoms with Gasteiger partial charge in [-0.15, -0.1) is 0 Å². The van der Waals surface area contributed by atoms with Gasteiger partial charge in [0.25, 0.3) is 5.91 Å². The number of aryl methyl sites for hydroxylation is 1. The number of nitrogens with zero attached hydrogens (tertiary/aromatic N) is 1. The number of para-hydroxylation sites is 1. The van der Waals surface area contributed by atoms with Crippen molar-refractivity contribution < 1.29 is 9.53 Å². The number of rotatable bonds is 4. The topological polar surface area (TPSA) is 62.1 Å². The maximum absolute atomic E-state index is 11.8. The summed E-state index contributed by atoms with van der Waals surface area (Å²) in [6, 6.07) is 14.4. The molecule has 2 aromatic rings. The number of nitrogens with one attached hydrogen (secondary N) is 1. The molecule has 0 saturated carbocycles. The average Bonchev–Trinajstić information content (AvgIpc) is 2.49. The van der Waals surface area contributed by atoms with E-state index in [1.54, 1.807) is 24.3 Å². The van der Waals surface area contributed by atoms with Crippen LogP contribution in [0, 0.1) is 18.3 Å². The Balaban J connectivity index is 1.96. The van der Waals surface area contributed by atoms with Crippen LogP contribution in [0.4, 0.5) is 5.69 Å². The number of nitriles is 1. The average molecular weight is 345 g/mol. The van der Waals surface area contributed by atoms with Crippen molar-refractivity contribution in [2.45, 2.75) is 6.92 Å². The predicted molar refractivity (Wildman–Crippen MR) is 84.2 cm³/mol. The first-order valence-electron chi connectivity index (χ1n) is 6.28. The van der Waals surface area contributed by atoms with Crippen LogP contribution in [0.3, 0.4) is 0 Å². The Morgan fingerprint density at radius 1 is 1.33 bits per heavy atom. The van der Waals surface area contributed by atoms with Crippen LogP contribution in [0.25, 0.3) is 0 Å². The van der Waals surface area contributed by atoms with E-state index in [-0.39, 0.29) is 12.5 Å². The summed E-state index contributed by atoms with van der Waals surface area (Å²) in [4.78, 5) is 11.8. The molecule has 0 unspecified atom stereocenters. The summed E-state index contributed by atoms with van der Waals surface area (Å²) in [5, 5.41) is 11.7. The number of carbonyl (C=O) groups excluding carboxylic acids is 1. The Morgan fingerprint density at radius 3 is 2.81 bits per heavy atom. The van der Waals surface area contributed by atoms with Gasteiger partial charge in [-0.3, -0.25) is 4.79 Å². The van der Waals surface area contributed by atoms with Gasteiger partial charge in [-0.25, -0.2) is 0 Å². The highest BCUT2D eigenvalue weighted by atomic mass is 79.9. The minimum Gasteiger partial charge on any atom is -0.482 e. The maximum Gasteiger partial charge on any atom is 0.262 e. The van der Waals surface area contributed by atoms with Crippen molar-refractivity contribution in [3.05, 3.63) is 58.1 Å². The van der Waals surface area contributed by atoms with Gasteiger partial charge in [0.15, 0.2) is 6.61 Å². The fourth-order valence-electron chi connectivity index (χ4n) is 1.70. The van der Waals surface area contributed by atoms with Gasteiger partial charge in [-0.05, 0) is 36.8 Å². The van der Waals surface area contributed by atoms with Crippen LogP contribution in [0.15, 0.2) is 46.9 Å². The van der Waals surface area contributed by atoms with E-state index >= 15 is 0 Å². The number of benzene rings is 2. The molecule has 106 valence electrons. The summed E-state index contributed by atoms with van der Waals surface area (Å²) in [6.45, 7) is 1.82. The van der Waals surface area contributed by atoms with Crippen molar-refractivity contribution in [2.75, 3.05) is 11.9 Å². The van der Waals surface area contributed by atoms with E-state index in [4.69, 9.17) is 10.00 Å². The van der Waals surface area contributed by atoms with Crippen molar-refractivity contribution in [1.82, 2.24) is 0 Å². The first-order valence-corrected chi connectivity index (χ1v) is 7.07. The summed E-state index contributed by atoms with van der Waals surface area (Å²) < 4.78 is 6.30. The Kier molecular flexibility index (Phi) is 4.96. The van der Waals surface area contributed by atoms with E-state index in [9.17, 15) is 4.79 Å². The second-order valence-electron chi connectivity index (χ2n) is 4.41. The molecular formula is C16H13BrN2O2. The molecule has 0 fully saturated rings. The summed E-state index contributed by atoms with van der Waals surface area (Å²) >= 11 is 3.41. The molecule has 0 aliphatic carbocycles. The Labute approximate surface area is 131 Å². The zero-order valence-electron chi connectivity index (χ0n) is 11.4. The second kappa shape index (κ2) is 6.91. The van der Waals surface area contributed by atoms with E-state index in [1.807, 2.05) is 31.2 Å². The predicted octanol–water partition coefficient (Wildman–Crippen LogP) is 3.65. The van der Waals surface area contributed by atoms with Gasteiger partial charge in [0.1, 0.15) is 11.8 Å². The Morgan fingerprint density at radius 2 is 2.10 bits per heavy atom. The molecule has 0 radical (unpaired) electrons. The lowest BCUT2D eigenvalue weighted by atomic mass is 10.2. The highest BCUT2D eigenvalue weighted by Crippen LogP contribution is 2.21. The lowest BCUT2D eigenvalue weighted by Gasteiger charge is -2.09. The molecule has 0 saturated heterocycles. The largest absolute Gasteiger partial charge is 0.482 e. The van der Waals surface area contributed by atoms with Crippen LogP contribution in [0.2, 0.25) is 0 Å². The summed E-state index contributed by atoms with van der Waals surface area (Å²) in [5.41, 5.74) is 2.19. The molecule has 0 bridgehead atoms. The summed E-state index contributed by atoms with van der Waals surface area (Å²) in [7, 11) is 0. The number of halogens is 1. The Bertz CT molecular complexity index is 708. The molecule has 0 spiro atoms. The first-order chi connectivity index (χ1) is 10.1. The number of ether oxygens (including phenoxy) is 1. The minimum absolute atomic E-state index is 0.149. The lowest BCUT2D eigenvalue weighted by molar-refractivity contribution is -0.118. The molecular weight excluding hydrogens is 332 g/mol. The highest BCUT2D eigenvalue weighted by Gasteiger charge is 2.07. The van der Waals surface area contributed by atoms with E-state index in [1.165, 1.54) is 0 Å². The number of carbonyl (C=O) groups is 1. The molecule has 0 aliphatic heterocycles. The molecule has 2 aromatic carbocycles. The third kappa shape index (κ3) is 4.07. The maximum atomic E-state index is 11.8. The van der Waals surface area contributed by atoms with Gasteiger partial charge in [-0.1, -0.05) is 34.1 Å². The van der Waals surface area contributed by atoms with Gasteiger partial charge in [-0.2, -0.15) is 5.26 Å². The zero-order chi connectivity index (χ0) is 15.2. The Hall–Kier alpha value is -2.32. The van der Waals surface area contributed by atoms with E-state index in [2.05, 4.69) is 21.2 Å². The van der Waals surface area contributed by atoms with Gasteiger partial charge >= 0.3 is 0 Å². The summed E-state index contributed by atoms with van der Waals surface area (Å²) in [6.07, 6.45) is 0. The summed E-state index contributed by atoms with van der Waals surface area (Å²) in [5.74, 6) is 0.124. The molecule has 2 rings (SSSR count). The minimum atomic E-state index is -0.279. The van der Waals surface area contributed by atoms with E-state index in [0.29, 0.717) is 17.0 Å². The molecule has 1 amide bonds. The number of amides is 1. The fraction of sp³-hybridized carbons (Fsp3) is 0.125. The fourth-order valence-corrected chi connectivity index (χ4v) is 2.07. The van der Waals surface area contributed by atoms with Crippen LogP contribution < -0.4 is 10.1 Å². The van der Waals surface area contributed by atoms with Crippen molar-refractivity contribution in [1.29, 1.82) is 5.26 Å². The van der Waals surface area contributed by atoms with Crippen molar-refractivity contribution in [3.63, 3.8) is 0 Å². The third-order valence-corrected chi connectivity index (χ3v) is 3.68. The van der Waals surface area contributed by atoms with Crippen LogP contribution in [0.1, 0.15) is 11.1 Å². The second-order valence-corrected chi connectivity index (χ2v) is 5.26. The third-order valence-electron chi connectivity index (χ3n) is 2.82. The quantitative estimate of drug-likeness (QED) is 0.920. The first kappa shape index (κ1) is 15.1. The molecule has 0 atom stereocenters. The molecule has 0 heterocycles. The lowest BCUT2D eigenvalue weighted by Crippen LogP contribution is -2.20. The molecule has 5 heteroatoms. The van der Waals surface area contributed by atoms with Gasteiger partial charge < -0.3 is 10.1 Å². The molecule has 4 nitrogen and oxygen atoms in total. The van der Waals surface area contributed by atoms with Gasteiger partial charge in [0.2, 0.25) is 0 Å². The van der Waals surface area contributed by atoms with Crippen LogP contribution in [-0.4, -0.2) is 12.5 Å². The number of anilines is 1. The number of hydrogen-bond donors (Lipinski definition) is 1. The van der Waals surface area contributed by atoms with Crippen LogP contribution >= 0.6 is 15.9 Å². The van der Waals surface area contributed by atoms with Crippen LogP contribution in [0.5, 0.6) is 5.75 Å². The molecule has 1 N–H and O–H groups in total. The molecule has 21 heavy (non-hydrogen) atoms. The molecule has 0 aromatic heterocycles. The SMILES string of the molecule is Cc1ccc(NC(=O)COc2ccccc2C#N)cc1Br. The standard InChI is InChI=1S/C16H13BrN2O2/c1-11-6-7-13(8-14(11)17)19-16(20)10-21-15-5-3-2-4-12(15)9-18/h2-8H,10H2,1H3,(H,19,20). The zero-order valence-corrected chi connectivity index (χ0v) is 13.0. The highest BCUT2D eigenvalue weighted by molar-refractivity contribution is 9.10. The van der Waals surface area contributed by atoms with Crippen LogP contribution in [-0.2, 0) is 4.79 Å². The monoisotopic (exact) mass is 344 g/mol. The van der Waals surface area contributed by atoms with E-state index < -0.39 is 0 Å². The van der Waals surface area contributed by atoms with E-state index in [0.717, 1.165) is 10.0 Å².